The van der Waals surface area contributed by atoms with Gasteiger partial charge >= 0.3 is 0 Å². The monoisotopic (exact) mass is 197 g/mol. The van der Waals surface area contributed by atoms with Gasteiger partial charge in [-0.25, -0.2) is 4.98 Å². The molecule has 4 nitrogen and oxygen atoms in total. The van der Waals surface area contributed by atoms with E-state index in [1.54, 1.807) is 6.08 Å². The van der Waals surface area contributed by atoms with Gasteiger partial charge in [-0.3, -0.25) is 9.78 Å². The Balaban J connectivity index is 2.71. The van der Waals surface area contributed by atoms with Crippen LogP contribution in [0.15, 0.2) is 25.0 Å². The zero-order valence-corrected chi connectivity index (χ0v) is 7.58. The summed E-state index contributed by atoms with van der Waals surface area (Å²) in [7, 11) is 0. The van der Waals surface area contributed by atoms with Crippen LogP contribution < -0.4 is 5.32 Å². The van der Waals surface area contributed by atoms with Gasteiger partial charge in [-0.2, -0.15) is 0 Å². The van der Waals surface area contributed by atoms with Crippen LogP contribution in [0, 0.1) is 0 Å². The highest BCUT2D eigenvalue weighted by atomic mass is 35.5. The number of halogens is 1. The fourth-order valence-electron chi connectivity index (χ4n) is 0.707. The van der Waals surface area contributed by atoms with Crippen molar-refractivity contribution < 1.29 is 4.79 Å². The summed E-state index contributed by atoms with van der Waals surface area (Å²) in [5.74, 6) is -0.310. The fourth-order valence-corrected chi connectivity index (χ4v) is 0.854. The minimum Gasteiger partial charge on any atom is -0.347 e. The van der Waals surface area contributed by atoms with E-state index in [9.17, 15) is 4.79 Å². The fraction of sp³-hybridized carbons (Fsp3) is 0.125. The van der Waals surface area contributed by atoms with Gasteiger partial charge in [0.1, 0.15) is 10.8 Å². The maximum atomic E-state index is 11.2. The van der Waals surface area contributed by atoms with Gasteiger partial charge in [-0.1, -0.05) is 17.7 Å². The second-order valence-electron chi connectivity index (χ2n) is 2.23. The van der Waals surface area contributed by atoms with Crippen molar-refractivity contribution in [2.24, 2.45) is 0 Å². The first-order valence-electron chi connectivity index (χ1n) is 3.60. The summed E-state index contributed by atoms with van der Waals surface area (Å²) in [5.41, 5.74) is 0.203. The standard InChI is InChI=1S/C8H8ClN3O/c1-2-3-11-8(13)6-4-10-5-7(9)12-6/h2,4-5H,1,3H2,(H,11,13). The molecule has 1 aromatic rings. The number of nitrogens with zero attached hydrogens (tertiary/aromatic N) is 2. The molecule has 1 amide bonds. The van der Waals surface area contributed by atoms with E-state index in [2.05, 4.69) is 21.9 Å². The molecule has 0 saturated heterocycles. The minimum absolute atomic E-state index is 0.200. The summed E-state index contributed by atoms with van der Waals surface area (Å²) in [6.45, 7) is 3.86. The number of aromatic nitrogens is 2. The Labute approximate surface area is 80.7 Å². The first kappa shape index (κ1) is 9.67. The summed E-state index contributed by atoms with van der Waals surface area (Å²) in [6.07, 6.45) is 4.30. The number of carbonyl (C=O) groups is 1. The van der Waals surface area contributed by atoms with Crippen molar-refractivity contribution >= 4 is 17.5 Å². The molecule has 0 unspecified atom stereocenters. The quantitative estimate of drug-likeness (QED) is 0.737. The molecule has 0 fully saturated rings. The Hall–Kier alpha value is -1.42. The molecule has 68 valence electrons. The van der Waals surface area contributed by atoms with Gasteiger partial charge in [0, 0.05) is 6.54 Å². The van der Waals surface area contributed by atoms with Crippen LogP contribution in [-0.4, -0.2) is 22.4 Å². The van der Waals surface area contributed by atoms with Gasteiger partial charge in [0.2, 0.25) is 0 Å². The topological polar surface area (TPSA) is 54.9 Å². The summed E-state index contributed by atoms with van der Waals surface area (Å²) >= 11 is 5.55. The van der Waals surface area contributed by atoms with Gasteiger partial charge < -0.3 is 5.32 Å². The van der Waals surface area contributed by atoms with Crippen molar-refractivity contribution in [3.8, 4) is 0 Å². The van der Waals surface area contributed by atoms with Crippen LogP contribution in [0.25, 0.3) is 0 Å². The Morgan fingerprint density at radius 1 is 1.69 bits per heavy atom. The summed E-state index contributed by atoms with van der Waals surface area (Å²) in [4.78, 5) is 18.8. The van der Waals surface area contributed by atoms with E-state index in [4.69, 9.17) is 11.6 Å². The van der Waals surface area contributed by atoms with Crippen molar-refractivity contribution in [1.82, 2.24) is 15.3 Å². The minimum atomic E-state index is -0.310. The molecule has 5 heteroatoms. The molecular weight excluding hydrogens is 190 g/mol. The zero-order valence-electron chi connectivity index (χ0n) is 6.83. The van der Waals surface area contributed by atoms with E-state index in [-0.39, 0.29) is 16.8 Å². The van der Waals surface area contributed by atoms with E-state index in [1.165, 1.54) is 12.4 Å². The number of hydrogen-bond donors (Lipinski definition) is 1. The molecule has 1 aromatic heterocycles. The average molecular weight is 198 g/mol. The first-order valence-corrected chi connectivity index (χ1v) is 3.98. The second-order valence-corrected chi connectivity index (χ2v) is 2.61. The number of hydrogen-bond acceptors (Lipinski definition) is 3. The lowest BCUT2D eigenvalue weighted by molar-refractivity contribution is 0.0952. The van der Waals surface area contributed by atoms with Crippen molar-refractivity contribution in [1.29, 1.82) is 0 Å². The third-order valence-corrected chi connectivity index (χ3v) is 1.43. The molecule has 0 aliphatic carbocycles. The Morgan fingerprint density at radius 2 is 2.46 bits per heavy atom. The van der Waals surface area contributed by atoms with Crippen molar-refractivity contribution in [2.45, 2.75) is 0 Å². The van der Waals surface area contributed by atoms with Crippen LogP contribution >= 0.6 is 11.6 Å². The second kappa shape index (κ2) is 4.57. The molecule has 0 radical (unpaired) electrons. The molecule has 1 N–H and O–H groups in total. The molecular formula is C8H8ClN3O. The van der Waals surface area contributed by atoms with E-state index < -0.39 is 0 Å². The van der Waals surface area contributed by atoms with Crippen LogP contribution in [0.1, 0.15) is 10.5 Å². The van der Waals surface area contributed by atoms with Crippen molar-refractivity contribution in [3.05, 3.63) is 35.9 Å². The lowest BCUT2D eigenvalue weighted by Gasteiger charge is -2.00. The van der Waals surface area contributed by atoms with E-state index in [0.29, 0.717) is 6.54 Å². The first-order chi connectivity index (χ1) is 6.24. The molecule has 1 heterocycles. The zero-order chi connectivity index (χ0) is 9.68. The summed E-state index contributed by atoms with van der Waals surface area (Å²) in [6, 6.07) is 0. The van der Waals surface area contributed by atoms with E-state index in [0.717, 1.165) is 0 Å². The highest BCUT2D eigenvalue weighted by Crippen LogP contribution is 2.01. The Bertz CT molecular complexity index is 327. The number of rotatable bonds is 3. The predicted octanol–water partition coefficient (Wildman–Crippen LogP) is 1.05. The summed E-state index contributed by atoms with van der Waals surface area (Å²) < 4.78 is 0. The normalized spacial score (nSPS) is 9.31. The largest absolute Gasteiger partial charge is 0.347 e. The molecule has 0 spiro atoms. The molecule has 0 atom stereocenters. The maximum absolute atomic E-state index is 11.2. The van der Waals surface area contributed by atoms with Gasteiger partial charge in [-0.15, -0.1) is 6.58 Å². The molecule has 0 saturated carbocycles. The van der Waals surface area contributed by atoms with Crippen LogP contribution in [0.4, 0.5) is 0 Å². The van der Waals surface area contributed by atoms with E-state index >= 15 is 0 Å². The third kappa shape index (κ3) is 2.83. The smallest absolute Gasteiger partial charge is 0.271 e. The third-order valence-electron chi connectivity index (χ3n) is 1.24. The number of carbonyl (C=O) groups excluding carboxylic acids is 1. The number of amides is 1. The van der Waals surface area contributed by atoms with E-state index in [1.807, 2.05) is 0 Å². The summed E-state index contributed by atoms with van der Waals surface area (Å²) in [5, 5.41) is 2.76. The molecule has 0 aromatic carbocycles. The molecule has 0 bridgehead atoms. The van der Waals surface area contributed by atoms with Gasteiger partial charge in [0.25, 0.3) is 5.91 Å². The Kier molecular flexibility index (Phi) is 3.40. The van der Waals surface area contributed by atoms with Crippen LogP contribution in [-0.2, 0) is 0 Å². The van der Waals surface area contributed by atoms with Crippen LogP contribution in [0.5, 0.6) is 0 Å². The maximum Gasteiger partial charge on any atom is 0.271 e. The lowest BCUT2D eigenvalue weighted by Crippen LogP contribution is -2.24. The lowest BCUT2D eigenvalue weighted by atomic mass is 10.4. The average Bonchev–Trinajstić information content (AvgIpc) is 2.14. The van der Waals surface area contributed by atoms with Gasteiger partial charge in [0.05, 0.1) is 12.4 Å². The van der Waals surface area contributed by atoms with Crippen molar-refractivity contribution in [3.63, 3.8) is 0 Å². The highest BCUT2D eigenvalue weighted by molar-refractivity contribution is 6.29. The van der Waals surface area contributed by atoms with Crippen LogP contribution in [0.3, 0.4) is 0 Å². The number of nitrogens with one attached hydrogen (secondary N) is 1. The molecule has 0 aliphatic heterocycles. The molecule has 0 aliphatic rings. The SMILES string of the molecule is C=CCNC(=O)c1cncc(Cl)n1. The van der Waals surface area contributed by atoms with Gasteiger partial charge in [-0.05, 0) is 0 Å². The van der Waals surface area contributed by atoms with Crippen molar-refractivity contribution in [2.75, 3.05) is 6.54 Å². The van der Waals surface area contributed by atoms with Gasteiger partial charge in [0.15, 0.2) is 0 Å². The molecule has 1 rings (SSSR count). The Morgan fingerprint density at radius 3 is 3.08 bits per heavy atom. The van der Waals surface area contributed by atoms with Crippen LogP contribution in [0.2, 0.25) is 5.15 Å². The predicted molar refractivity (Wildman–Crippen MR) is 49.6 cm³/mol. The molecule has 13 heavy (non-hydrogen) atoms. The highest BCUT2D eigenvalue weighted by Gasteiger charge is 2.05.